The molecule has 0 spiro atoms. The number of benzene rings is 1. The molecule has 0 saturated carbocycles. The molecule has 1 aromatic carbocycles. The highest BCUT2D eigenvalue weighted by molar-refractivity contribution is 5.31. The Morgan fingerprint density at radius 2 is 2.00 bits per heavy atom. The molecule has 0 aliphatic rings. The van der Waals surface area contributed by atoms with Gasteiger partial charge in [-0.1, -0.05) is 18.2 Å². The number of hydrogen-bond acceptors (Lipinski definition) is 4. The van der Waals surface area contributed by atoms with Crippen LogP contribution in [-0.2, 0) is 4.74 Å². The van der Waals surface area contributed by atoms with Gasteiger partial charge < -0.3 is 9.84 Å². The number of nitrogens with zero attached hydrogens (tertiary/aromatic N) is 3. The number of para-hydroxylation sites is 1. The van der Waals surface area contributed by atoms with Crippen molar-refractivity contribution in [2.45, 2.75) is 32.2 Å². The van der Waals surface area contributed by atoms with Crippen molar-refractivity contribution in [2.75, 3.05) is 0 Å². The van der Waals surface area contributed by atoms with Gasteiger partial charge in [-0.25, -0.2) is 4.68 Å². The van der Waals surface area contributed by atoms with Crippen LogP contribution in [0.2, 0.25) is 0 Å². The Kier molecular flexibility index (Phi) is 4.51. The monoisotopic (exact) mass is 271 g/mol. The van der Waals surface area contributed by atoms with E-state index in [1.807, 2.05) is 30.3 Å². The molecule has 0 radical (unpaired) electrons. The van der Waals surface area contributed by atoms with E-state index in [1.54, 1.807) is 30.9 Å². The first-order chi connectivity index (χ1) is 9.61. The molecule has 3 unspecified atom stereocenters. The van der Waals surface area contributed by atoms with Crippen LogP contribution in [0, 0.1) is 11.3 Å². The molecule has 1 N–H and O–H groups in total. The Morgan fingerprint density at radius 1 is 1.30 bits per heavy atom. The van der Waals surface area contributed by atoms with Gasteiger partial charge >= 0.3 is 0 Å². The Morgan fingerprint density at radius 3 is 2.60 bits per heavy atom. The van der Waals surface area contributed by atoms with Gasteiger partial charge in [0, 0.05) is 11.8 Å². The van der Waals surface area contributed by atoms with E-state index in [0.29, 0.717) is 5.56 Å². The van der Waals surface area contributed by atoms with E-state index in [0.717, 1.165) is 5.69 Å². The minimum Gasteiger partial charge on any atom is -0.391 e. The SMILES string of the molecule is CC(O)C(C)OC(C#N)c1cnn(-c2ccccc2)c1. The number of hydrogen-bond donors (Lipinski definition) is 1. The Bertz CT molecular complexity index is 587. The van der Waals surface area contributed by atoms with Gasteiger partial charge in [0.15, 0.2) is 6.10 Å². The highest BCUT2D eigenvalue weighted by Gasteiger charge is 2.19. The summed E-state index contributed by atoms with van der Waals surface area (Å²) in [5, 5.41) is 22.9. The van der Waals surface area contributed by atoms with E-state index in [-0.39, 0.29) is 0 Å². The largest absolute Gasteiger partial charge is 0.391 e. The number of aliphatic hydroxyl groups excluding tert-OH is 1. The standard InChI is InChI=1S/C15H17N3O2/c1-11(19)12(2)20-15(8-16)13-9-17-18(10-13)14-6-4-3-5-7-14/h3-7,9-12,15,19H,1-2H3. The van der Waals surface area contributed by atoms with Crippen molar-refractivity contribution in [3.8, 4) is 11.8 Å². The van der Waals surface area contributed by atoms with Crippen molar-refractivity contribution >= 4 is 0 Å². The van der Waals surface area contributed by atoms with Crippen LogP contribution in [0.15, 0.2) is 42.7 Å². The van der Waals surface area contributed by atoms with Crippen molar-refractivity contribution in [3.05, 3.63) is 48.3 Å². The Labute approximate surface area is 118 Å². The fourth-order valence-corrected chi connectivity index (χ4v) is 1.71. The van der Waals surface area contributed by atoms with Gasteiger partial charge in [-0.3, -0.25) is 0 Å². The van der Waals surface area contributed by atoms with E-state index < -0.39 is 18.3 Å². The third-order valence-electron chi connectivity index (χ3n) is 3.07. The second-order valence-corrected chi connectivity index (χ2v) is 4.64. The molecule has 0 amide bonds. The summed E-state index contributed by atoms with van der Waals surface area (Å²) in [6.45, 7) is 3.36. The highest BCUT2D eigenvalue weighted by Crippen LogP contribution is 2.20. The summed E-state index contributed by atoms with van der Waals surface area (Å²) in [5.41, 5.74) is 1.59. The summed E-state index contributed by atoms with van der Waals surface area (Å²) in [4.78, 5) is 0. The van der Waals surface area contributed by atoms with Crippen LogP contribution < -0.4 is 0 Å². The van der Waals surface area contributed by atoms with Crippen LogP contribution in [0.1, 0.15) is 25.5 Å². The van der Waals surface area contributed by atoms with E-state index in [4.69, 9.17) is 4.74 Å². The van der Waals surface area contributed by atoms with Gasteiger partial charge in [-0.05, 0) is 26.0 Å². The van der Waals surface area contributed by atoms with Crippen molar-refractivity contribution < 1.29 is 9.84 Å². The minimum absolute atomic E-state index is 0.417. The fourth-order valence-electron chi connectivity index (χ4n) is 1.71. The second kappa shape index (κ2) is 6.33. The van der Waals surface area contributed by atoms with Gasteiger partial charge in [0.25, 0.3) is 0 Å². The van der Waals surface area contributed by atoms with Gasteiger partial charge in [-0.15, -0.1) is 0 Å². The van der Waals surface area contributed by atoms with Crippen molar-refractivity contribution in [2.24, 2.45) is 0 Å². The lowest BCUT2D eigenvalue weighted by Crippen LogP contribution is -2.24. The maximum Gasteiger partial charge on any atom is 0.172 e. The van der Waals surface area contributed by atoms with Crippen molar-refractivity contribution in [1.29, 1.82) is 5.26 Å². The highest BCUT2D eigenvalue weighted by atomic mass is 16.5. The van der Waals surface area contributed by atoms with E-state index in [1.165, 1.54) is 0 Å². The molecule has 5 heteroatoms. The Balaban J connectivity index is 2.17. The second-order valence-electron chi connectivity index (χ2n) is 4.64. The molecule has 0 saturated heterocycles. The van der Waals surface area contributed by atoms with Crippen LogP contribution in [0.4, 0.5) is 0 Å². The van der Waals surface area contributed by atoms with Crippen molar-refractivity contribution in [3.63, 3.8) is 0 Å². The topological polar surface area (TPSA) is 71.1 Å². The van der Waals surface area contributed by atoms with Gasteiger partial charge in [0.1, 0.15) is 0 Å². The van der Waals surface area contributed by atoms with Gasteiger partial charge in [0.2, 0.25) is 0 Å². The summed E-state index contributed by atoms with van der Waals surface area (Å²) < 4.78 is 7.22. The molecule has 0 aliphatic heterocycles. The summed E-state index contributed by atoms with van der Waals surface area (Å²) in [6, 6.07) is 11.7. The maximum atomic E-state index is 9.44. The number of nitriles is 1. The molecule has 1 aromatic heterocycles. The minimum atomic E-state index is -0.739. The summed E-state index contributed by atoms with van der Waals surface area (Å²) >= 11 is 0. The number of aromatic nitrogens is 2. The van der Waals surface area contributed by atoms with Gasteiger partial charge in [-0.2, -0.15) is 10.4 Å². The summed E-state index contributed by atoms with van der Waals surface area (Å²) in [5.74, 6) is 0. The third kappa shape index (κ3) is 3.23. The molecule has 3 atom stereocenters. The molecular weight excluding hydrogens is 254 g/mol. The van der Waals surface area contributed by atoms with E-state index >= 15 is 0 Å². The Hall–Kier alpha value is -2.16. The lowest BCUT2D eigenvalue weighted by atomic mass is 10.2. The lowest BCUT2D eigenvalue weighted by molar-refractivity contribution is -0.0426. The van der Waals surface area contributed by atoms with Gasteiger partial charge in [0.05, 0.1) is 30.2 Å². The van der Waals surface area contributed by atoms with Crippen LogP contribution in [0.25, 0.3) is 5.69 Å². The molecule has 5 nitrogen and oxygen atoms in total. The van der Waals surface area contributed by atoms with Crippen LogP contribution in [0.3, 0.4) is 0 Å². The molecule has 2 rings (SSSR count). The summed E-state index contributed by atoms with van der Waals surface area (Å²) in [6.07, 6.45) is 1.58. The molecular formula is C15H17N3O2. The van der Waals surface area contributed by atoms with E-state index in [9.17, 15) is 10.4 Å². The lowest BCUT2D eigenvalue weighted by Gasteiger charge is -2.18. The number of aliphatic hydroxyl groups is 1. The zero-order valence-electron chi connectivity index (χ0n) is 11.5. The first-order valence-electron chi connectivity index (χ1n) is 6.45. The van der Waals surface area contributed by atoms with Crippen LogP contribution in [-0.4, -0.2) is 27.1 Å². The predicted octanol–water partition coefficient (Wildman–Crippen LogP) is 2.22. The molecule has 0 fully saturated rings. The first-order valence-corrected chi connectivity index (χ1v) is 6.45. The third-order valence-corrected chi connectivity index (χ3v) is 3.07. The van der Waals surface area contributed by atoms with Crippen molar-refractivity contribution in [1.82, 2.24) is 9.78 Å². The summed E-state index contributed by atoms with van der Waals surface area (Å²) in [7, 11) is 0. The van der Waals surface area contributed by atoms with Crippen LogP contribution >= 0.6 is 0 Å². The zero-order valence-corrected chi connectivity index (χ0v) is 11.5. The molecule has 2 aromatic rings. The zero-order chi connectivity index (χ0) is 14.5. The first kappa shape index (κ1) is 14.3. The average Bonchev–Trinajstić information content (AvgIpc) is 2.95. The maximum absolute atomic E-state index is 9.44. The normalized spacial score (nSPS) is 15.3. The smallest absolute Gasteiger partial charge is 0.172 e. The van der Waals surface area contributed by atoms with Crippen LogP contribution in [0.5, 0.6) is 0 Å². The molecule has 104 valence electrons. The number of rotatable bonds is 5. The fraction of sp³-hybridized carbons (Fsp3) is 0.333. The quantitative estimate of drug-likeness (QED) is 0.905. The molecule has 20 heavy (non-hydrogen) atoms. The van der Waals surface area contributed by atoms with E-state index in [2.05, 4.69) is 11.2 Å². The molecule has 0 aliphatic carbocycles. The molecule has 1 heterocycles. The predicted molar refractivity (Wildman–Crippen MR) is 74.1 cm³/mol. The number of ether oxygens (including phenoxy) is 1. The molecule has 0 bridgehead atoms. The average molecular weight is 271 g/mol.